The van der Waals surface area contributed by atoms with Gasteiger partial charge < -0.3 is 4.74 Å². The first-order valence-electron chi connectivity index (χ1n) is 8.29. The summed E-state index contributed by atoms with van der Waals surface area (Å²) >= 11 is 0. The number of ether oxygens (including phenoxy) is 1. The van der Waals surface area contributed by atoms with Crippen LogP contribution in [0.15, 0.2) is 54.1 Å². The summed E-state index contributed by atoms with van der Waals surface area (Å²) in [6.07, 6.45) is 1.41. The average molecular weight is 368 g/mol. The van der Waals surface area contributed by atoms with Crippen LogP contribution >= 0.6 is 0 Å². The molecule has 1 aliphatic rings. The number of hydrogen-bond donors (Lipinski definition) is 1. The molecular formula is C20H17FN2O4. The zero-order valence-electron chi connectivity index (χ0n) is 14.7. The fourth-order valence-electron chi connectivity index (χ4n) is 2.56. The molecular weight excluding hydrogens is 351 g/mol. The monoisotopic (exact) mass is 368 g/mol. The Labute approximate surface area is 155 Å². The molecule has 27 heavy (non-hydrogen) atoms. The number of imide groups is 2. The van der Waals surface area contributed by atoms with Crippen LogP contribution in [-0.2, 0) is 9.59 Å². The van der Waals surface area contributed by atoms with Gasteiger partial charge in [0.05, 0.1) is 11.8 Å². The van der Waals surface area contributed by atoms with Crippen molar-refractivity contribution in [1.29, 1.82) is 0 Å². The number of carbonyl (C=O) groups excluding carboxylic acids is 3. The molecule has 1 fully saturated rings. The lowest BCUT2D eigenvalue weighted by Crippen LogP contribution is -2.54. The highest BCUT2D eigenvalue weighted by molar-refractivity contribution is 6.39. The highest BCUT2D eigenvalue weighted by atomic mass is 19.1. The summed E-state index contributed by atoms with van der Waals surface area (Å²) < 4.78 is 18.7. The van der Waals surface area contributed by atoms with Crippen LogP contribution in [0.4, 0.5) is 14.9 Å². The first kappa shape index (κ1) is 18.3. The Balaban J connectivity index is 1.90. The molecule has 1 heterocycles. The van der Waals surface area contributed by atoms with Crippen molar-refractivity contribution in [2.75, 3.05) is 4.90 Å². The van der Waals surface area contributed by atoms with Crippen LogP contribution in [0.2, 0.25) is 0 Å². The Kier molecular flexibility index (Phi) is 5.03. The summed E-state index contributed by atoms with van der Waals surface area (Å²) in [4.78, 5) is 37.7. The zero-order valence-corrected chi connectivity index (χ0v) is 14.7. The van der Waals surface area contributed by atoms with Gasteiger partial charge >= 0.3 is 6.03 Å². The molecule has 2 aromatic carbocycles. The van der Waals surface area contributed by atoms with E-state index in [2.05, 4.69) is 5.32 Å². The zero-order chi connectivity index (χ0) is 19.6. The van der Waals surface area contributed by atoms with Crippen LogP contribution in [0.3, 0.4) is 0 Å². The predicted octanol–water partition coefficient (Wildman–Crippen LogP) is 3.28. The van der Waals surface area contributed by atoms with Crippen molar-refractivity contribution in [2.45, 2.75) is 20.0 Å². The molecule has 0 spiro atoms. The third-order valence-electron chi connectivity index (χ3n) is 3.75. The third kappa shape index (κ3) is 4.03. The van der Waals surface area contributed by atoms with Gasteiger partial charge in [-0.25, -0.2) is 14.1 Å². The standard InChI is InChI=1S/C20H17FN2O4/c1-12(2)27-16-9-3-13(4-10-16)11-17-18(24)22-20(26)23(19(17)25)15-7-5-14(21)6-8-15/h3-12H,1-2H3,(H,22,24,26). The van der Waals surface area contributed by atoms with E-state index in [0.717, 1.165) is 17.0 Å². The van der Waals surface area contributed by atoms with Crippen molar-refractivity contribution in [2.24, 2.45) is 0 Å². The van der Waals surface area contributed by atoms with E-state index in [-0.39, 0.29) is 17.4 Å². The SMILES string of the molecule is CC(C)Oc1ccc(C=C2C(=O)NC(=O)N(c3ccc(F)cc3)C2=O)cc1. The number of halogens is 1. The summed E-state index contributed by atoms with van der Waals surface area (Å²) in [5, 5.41) is 2.12. The van der Waals surface area contributed by atoms with E-state index in [1.165, 1.54) is 18.2 Å². The summed E-state index contributed by atoms with van der Waals surface area (Å²) in [6.45, 7) is 3.81. The van der Waals surface area contributed by atoms with Crippen molar-refractivity contribution in [3.63, 3.8) is 0 Å². The van der Waals surface area contributed by atoms with Gasteiger partial charge in [-0.2, -0.15) is 0 Å². The largest absolute Gasteiger partial charge is 0.491 e. The number of nitrogens with zero attached hydrogens (tertiary/aromatic N) is 1. The topological polar surface area (TPSA) is 75.7 Å². The van der Waals surface area contributed by atoms with Gasteiger partial charge in [0, 0.05) is 0 Å². The van der Waals surface area contributed by atoms with Crippen LogP contribution in [0.5, 0.6) is 5.75 Å². The molecule has 1 saturated heterocycles. The fraction of sp³-hybridized carbons (Fsp3) is 0.150. The van der Waals surface area contributed by atoms with Crippen LogP contribution in [0.25, 0.3) is 6.08 Å². The molecule has 0 atom stereocenters. The summed E-state index contributed by atoms with van der Waals surface area (Å²) in [5.41, 5.74) is 0.562. The lowest BCUT2D eigenvalue weighted by atomic mass is 10.1. The number of urea groups is 1. The quantitative estimate of drug-likeness (QED) is 0.664. The van der Waals surface area contributed by atoms with Gasteiger partial charge in [-0.1, -0.05) is 12.1 Å². The van der Waals surface area contributed by atoms with E-state index >= 15 is 0 Å². The second-order valence-electron chi connectivity index (χ2n) is 6.17. The van der Waals surface area contributed by atoms with Gasteiger partial charge in [-0.3, -0.25) is 14.9 Å². The Morgan fingerprint density at radius 3 is 2.22 bits per heavy atom. The third-order valence-corrected chi connectivity index (χ3v) is 3.75. The van der Waals surface area contributed by atoms with E-state index in [4.69, 9.17) is 4.74 Å². The number of carbonyl (C=O) groups is 3. The Morgan fingerprint density at radius 1 is 1.00 bits per heavy atom. The smallest absolute Gasteiger partial charge is 0.335 e. The van der Waals surface area contributed by atoms with Crippen LogP contribution in [0.1, 0.15) is 19.4 Å². The first-order valence-corrected chi connectivity index (χ1v) is 8.29. The molecule has 0 aromatic heterocycles. The van der Waals surface area contributed by atoms with Crippen molar-refractivity contribution < 1.29 is 23.5 Å². The molecule has 0 radical (unpaired) electrons. The molecule has 1 N–H and O–H groups in total. The molecule has 7 heteroatoms. The van der Waals surface area contributed by atoms with Gasteiger partial charge in [0.2, 0.25) is 0 Å². The normalized spacial score (nSPS) is 16.1. The fourth-order valence-corrected chi connectivity index (χ4v) is 2.56. The Morgan fingerprint density at radius 2 is 1.63 bits per heavy atom. The summed E-state index contributed by atoms with van der Waals surface area (Å²) in [7, 11) is 0. The first-order chi connectivity index (χ1) is 12.8. The second kappa shape index (κ2) is 7.41. The van der Waals surface area contributed by atoms with Gasteiger partial charge in [0.15, 0.2) is 0 Å². The molecule has 0 saturated carbocycles. The maximum absolute atomic E-state index is 13.1. The summed E-state index contributed by atoms with van der Waals surface area (Å²) in [6, 6.07) is 10.8. The molecule has 2 aromatic rings. The van der Waals surface area contributed by atoms with Crippen molar-refractivity contribution in [1.82, 2.24) is 5.32 Å². The Bertz CT molecular complexity index is 918. The number of barbiturate groups is 1. The van der Waals surface area contributed by atoms with Crippen molar-refractivity contribution in [3.05, 3.63) is 65.5 Å². The number of amides is 4. The van der Waals surface area contributed by atoms with Crippen molar-refractivity contribution in [3.8, 4) is 5.75 Å². The second-order valence-corrected chi connectivity index (χ2v) is 6.17. The van der Waals surface area contributed by atoms with E-state index in [1.54, 1.807) is 24.3 Å². The lowest BCUT2D eigenvalue weighted by molar-refractivity contribution is -0.122. The Hall–Kier alpha value is -3.48. The number of hydrogen-bond acceptors (Lipinski definition) is 4. The van der Waals surface area contributed by atoms with Gasteiger partial charge in [-0.15, -0.1) is 0 Å². The van der Waals surface area contributed by atoms with E-state index in [1.807, 2.05) is 13.8 Å². The molecule has 6 nitrogen and oxygen atoms in total. The van der Waals surface area contributed by atoms with E-state index in [0.29, 0.717) is 11.3 Å². The molecule has 0 bridgehead atoms. The number of rotatable bonds is 4. The van der Waals surface area contributed by atoms with Crippen LogP contribution in [-0.4, -0.2) is 23.9 Å². The van der Waals surface area contributed by atoms with Gasteiger partial charge in [0.25, 0.3) is 11.8 Å². The van der Waals surface area contributed by atoms with Crippen molar-refractivity contribution >= 4 is 29.6 Å². The minimum Gasteiger partial charge on any atom is -0.491 e. The van der Waals surface area contributed by atoms with E-state index < -0.39 is 23.7 Å². The number of benzene rings is 2. The minimum atomic E-state index is -0.880. The van der Waals surface area contributed by atoms with Gasteiger partial charge in [0.1, 0.15) is 17.1 Å². The summed E-state index contributed by atoms with van der Waals surface area (Å²) in [5.74, 6) is -1.41. The molecule has 3 rings (SSSR count). The molecule has 0 aliphatic carbocycles. The average Bonchev–Trinajstić information content (AvgIpc) is 2.61. The highest BCUT2D eigenvalue weighted by Crippen LogP contribution is 2.23. The van der Waals surface area contributed by atoms with Crippen LogP contribution in [0, 0.1) is 5.82 Å². The predicted molar refractivity (Wildman–Crippen MR) is 97.6 cm³/mol. The number of anilines is 1. The van der Waals surface area contributed by atoms with Gasteiger partial charge in [-0.05, 0) is 61.9 Å². The van der Waals surface area contributed by atoms with Crippen LogP contribution < -0.4 is 15.0 Å². The maximum Gasteiger partial charge on any atom is 0.335 e. The minimum absolute atomic E-state index is 0.0233. The molecule has 0 unspecified atom stereocenters. The maximum atomic E-state index is 13.1. The highest BCUT2D eigenvalue weighted by Gasteiger charge is 2.36. The molecule has 1 aliphatic heterocycles. The number of nitrogens with one attached hydrogen (secondary N) is 1. The molecule has 4 amide bonds. The molecule has 138 valence electrons. The van der Waals surface area contributed by atoms with E-state index in [9.17, 15) is 18.8 Å². The lowest BCUT2D eigenvalue weighted by Gasteiger charge is -2.26.